The van der Waals surface area contributed by atoms with E-state index in [9.17, 15) is 18.0 Å². The zero-order chi connectivity index (χ0) is 21.3. The molecule has 11 heteroatoms. The number of carbonyl (C=O) groups excluding carboxylic acids is 1. The highest BCUT2D eigenvalue weighted by atomic mass is 32.2. The molecule has 160 valence electrons. The number of piperazine rings is 1. The van der Waals surface area contributed by atoms with Gasteiger partial charge in [-0.15, -0.1) is 11.3 Å². The third-order valence-corrected chi connectivity index (χ3v) is 9.64. The molecule has 1 aliphatic heterocycles. The van der Waals surface area contributed by atoms with Gasteiger partial charge in [-0.1, -0.05) is 23.5 Å². The number of sulfonamides is 1. The second kappa shape index (κ2) is 8.58. The molecule has 0 bridgehead atoms. The van der Waals surface area contributed by atoms with E-state index in [0.717, 1.165) is 21.6 Å². The molecule has 4 rings (SSSR count). The summed E-state index contributed by atoms with van der Waals surface area (Å²) in [6.45, 7) is 2.76. The van der Waals surface area contributed by atoms with Crippen molar-refractivity contribution in [3.63, 3.8) is 0 Å². The van der Waals surface area contributed by atoms with Gasteiger partial charge in [-0.05, 0) is 31.9 Å². The number of aryl methyl sites for hydroxylation is 2. The van der Waals surface area contributed by atoms with Crippen LogP contribution in [0.2, 0.25) is 0 Å². The monoisotopic (exact) mass is 466 g/mol. The number of aromatic nitrogens is 2. The number of aromatic amines is 1. The van der Waals surface area contributed by atoms with E-state index < -0.39 is 10.0 Å². The van der Waals surface area contributed by atoms with Crippen molar-refractivity contribution in [2.45, 2.75) is 30.4 Å². The topological polar surface area (TPSA) is 103 Å². The zero-order valence-corrected chi connectivity index (χ0v) is 18.9. The number of hydrogen-bond donors (Lipinski definition) is 1. The largest absolute Gasteiger partial charge is 0.340 e. The Bertz CT molecular complexity index is 1190. The summed E-state index contributed by atoms with van der Waals surface area (Å²) in [7, 11) is -3.71. The third kappa shape index (κ3) is 4.34. The number of nitrogens with one attached hydrogen (secondary N) is 1. The highest BCUT2D eigenvalue weighted by Crippen LogP contribution is 2.24. The smallest absolute Gasteiger partial charge is 0.305 e. The second-order valence-electron chi connectivity index (χ2n) is 7.14. The Morgan fingerprint density at radius 2 is 1.90 bits per heavy atom. The van der Waals surface area contributed by atoms with Gasteiger partial charge in [0.2, 0.25) is 5.91 Å². The first-order chi connectivity index (χ1) is 14.3. The van der Waals surface area contributed by atoms with E-state index in [1.807, 2.05) is 24.3 Å². The molecule has 1 fully saturated rings. The van der Waals surface area contributed by atoms with Gasteiger partial charge in [0, 0.05) is 38.3 Å². The van der Waals surface area contributed by atoms with Crippen molar-refractivity contribution >= 4 is 48.8 Å². The summed E-state index contributed by atoms with van der Waals surface area (Å²) in [5, 5.41) is 1.03. The first-order valence-electron chi connectivity index (χ1n) is 9.66. The Labute approximate surface area is 182 Å². The summed E-state index contributed by atoms with van der Waals surface area (Å²) >= 11 is 2.36. The zero-order valence-electron chi connectivity index (χ0n) is 16.5. The second-order valence-corrected chi connectivity index (χ2v) is 11.4. The van der Waals surface area contributed by atoms with E-state index in [-0.39, 0.29) is 28.1 Å². The van der Waals surface area contributed by atoms with Crippen LogP contribution >= 0.6 is 22.7 Å². The SMILES string of the molecule is Cc1[nH]c(=O)sc1S(=O)(=O)N1CCN(C(=O)CCCc2nc3ccccc3s2)CC1. The molecule has 0 atom stereocenters. The molecular weight excluding hydrogens is 444 g/mol. The summed E-state index contributed by atoms with van der Waals surface area (Å²) in [5.74, 6) is 0.0376. The Hall–Kier alpha value is -2.08. The molecule has 3 heterocycles. The van der Waals surface area contributed by atoms with Crippen molar-refractivity contribution in [3.8, 4) is 0 Å². The molecule has 1 N–H and O–H groups in total. The van der Waals surface area contributed by atoms with Crippen molar-refractivity contribution in [1.82, 2.24) is 19.2 Å². The first-order valence-corrected chi connectivity index (χ1v) is 12.7. The number of hydrogen-bond acceptors (Lipinski definition) is 7. The van der Waals surface area contributed by atoms with E-state index >= 15 is 0 Å². The standard InChI is InChI=1S/C19H22N4O4S3/c1-13-18(29-19(25)20-13)30(26,27)23-11-9-22(10-12-23)17(24)8-4-7-16-21-14-5-2-3-6-15(14)28-16/h2-3,5-6H,4,7-12H2,1H3,(H,20,25). The molecule has 8 nitrogen and oxygen atoms in total. The summed E-state index contributed by atoms with van der Waals surface area (Å²) < 4.78 is 28.1. The van der Waals surface area contributed by atoms with Crippen LogP contribution in [0.25, 0.3) is 10.2 Å². The maximum absolute atomic E-state index is 12.8. The van der Waals surface area contributed by atoms with Crippen LogP contribution in [-0.2, 0) is 21.2 Å². The minimum Gasteiger partial charge on any atom is -0.340 e. The fraction of sp³-hybridized carbons (Fsp3) is 0.421. The van der Waals surface area contributed by atoms with Gasteiger partial charge >= 0.3 is 4.87 Å². The van der Waals surface area contributed by atoms with Crippen molar-refractivity contribution < 1.29 is 13.2 Å². The lowest BCUT2D eigenvalue weighted by molar-refractivity contribution is -0.132. The molecule has 30 heavy (non-hydrogen) atoms. The number of rotatable bonds is 6. The molecular formula is C19H22N4O4S3. The molecule has 0 radical (unpaired) electrons. The van der Waals surface area contributed by atoms with E-state index in [2.05, 4.69) is 9.97 Å². The Balaban J connectivity index is 1.29. The molecule has 1 saturated heterocycles. The van der Waals surface area contributed by atoms with E-state index in [0.29, 0.717) is 43.0 Å². The highest BCUT2D eigenvalue weighted by molar-refractivity contribution is 7.91. The van der Waals surface area contributed by atoms with E-state index in [4.69, 9.17) is 0 Å². The van der Waals surface area contributed by atoms with Crippen LogP contribution < -0.4 is 4.87 Å². The van der Waals surface area contributed by atoms with Crippen LogP contribution in [0.15, 0.2) is 33.3 Å². The molecule has 1 aromatic carbocycles. The number of amides is 1. The lowest BCUT2D eigenvalue weighted by Crippen LogP contribution is -2.50. The predicted octanol–water partition coefficient (Wildman–Crippen LogP) is 2.21. The average Bonchev–Trinajstić information content (AvgIpc) is 3.30. The van der Waals surface area contributed by atoms with Crippen LogP contribution in [0.3, 0.4) is 0 Å². The molecule has 2 aromatic heterocycles. The fourth-order valence-electron chi connectivity index (χ4n) is 3.51. The third-order valence-electron chi connectivity index (χ3n) is 5.07. The van der Waals surface area contributed by atoms with Crippen molar-refractivity contribution in [3.05, 3.63) is 44.6 Å². The first kappa shape index (κ1) is 21.2. The van der Waals surface area contributed by atoms with Crippen LogP contribution in [-0.4, -0.2) is 59.7 Å². The van der Waals surface area contributed by atoms with Crippen LogP contribution in [0.1, 0.15) is 23.5 Å². The normalized spacial score (nSPS) is 15.7. The number of benzene rings is 1. The Kier molecular flexibility index (Phi) is 6.05. The summed E-state index contributed by atoms with van der Waals surface area (Å²) in [4.78, 5) is 32.4. The molecule has 0 spiro atoms. The van der Waals surface area contributed by atoms with Crippen molar-refractivity contribution in [1.29, 1.82) is 0 Å². The maximum atomic E-state index is 12.8. The summed E-state index contributed by atoms with van der Waals surface area (Å²) in [6, 6.07) is 7.99. The summed E-state index contributed by atoms with van der Waals surface area (Å²) in [6.07, 6.45) is 1.89. The Morgan fingerprint density at radius 3 is 2.57 bits per heavy atom. The minimum atomic E-state index is -3.71. The average molecular weight is 467 g/mol. The molecule has 3 aromatic rings. The number of H-pyrrole nitrogens is 1. The Morgan fingerprint density at radius 1 is 1.17 bits per heavy atom. The van der Waals surface area contributed by atoms with Crippen molar-refractivity contribution in [2.24, 2.45) is 0 Å². The maximum Gasteiger partial charge on any atom is 0.305 e. The molecule has 0 unspecified atom stereocenters. The van der Waals surface area contributed by atoms with Gasteiger partial charge in [0.1, 0.15) is 0 Å². The summed E-state index contributed by atoms with van der Waals surface area (Å²) in [5.41, 5.74) is 1.35. The lowest BCUT2D eigenvalue weighted by atomic mass is 10.2. The lowest BCUT2D eigenvalue weighted by Gasteiger charge is -2.33. The number of fused-ring (bicyclic) bond motifs is 1. The number of para-hydroxylation sites is 1. The van der Waals surface area contributed by atoms with Gasteiger partial charge in [-0.3, -0.25) is 9.59 Å². The van der Waals surface area contributed by atoms with Gasteiger partial charge in [-0.2, -0.15) is 4.31 Å². The van der Waals surface area contributed by atoms with Gasteiger partial charge in [0.05, 0.1) is 15.2 Å². The van der Waals surface area contributed by atoms with Gasteiger partial charge < -0.3 is 9.88 Å². The molecule has 1 amide bonds. The van der Waals surface area contributed by atoms with E-state index in [1.165, 1.54) is 4.31 Å². The fourth-order valence-corrected chi connectivity index (χ4v) is 7.37. The molecule has 1 aliphatic rings. The van der Waals surface area contributed by atoms with Gasteiger partial charge in [0.25, 0.3) is 10.0 Å². The molecule has 0 aliphatic carbocycles. The van der Waals surface area contributed by atoms with Gasteiger partial charge in [-0.25, -0.2) is 13.4 Å². The van der Waals surface area contributed by atoms with Crippen LogP contribution in [0.4, 0.5) is 0 Å². The van der Waals surface area contributed by atoms with E-state index in [1.54, 1.807) is 23.2 Å². The minimum absolute atomic E-state index is 0.0376. The number of nitrogens with zero attached hydrogens (tertiary/aromatic N) is 3. The highest BCUT2D eigenvalue weighted by Gasteiger charge is 2.32. The number of thiazole rings is 2. The number of carbonyl (C=O) groups is 1. The predicted molar refractivity (Wildman–Crippen MR) is 118 cm³/mol. The van der Waals surface area contributed by atoms with Crippen molar-refractivity contribution in [2.75, 3.05) is 26.2 Å². The quantitative estimate of drug-likeness (QED) is 0.600. The van der Waals surface area contributed by atoms with Gasteiger partial charge in [0.15, 0.2) is 4.21 Å². The molecule has 0 saturated carbocycles. The van der Waals surface area contributed by atoms with Crippen LogP contribution in [0.5, 0.6) is 0 Å². The van der Waals surface area contributed by atoms with Crippen LogP contribution in [0, 0.1) is 6.92 Å².